The summed E-state index contributed by atoms with van der Waals surface area (Å²) in [6.07, 6.45) is 2.24. The smallest absolute Gasteiger partial charge is 0.229 e. The lowest BCUT2D eigenvalue weighted by Crippen LogP contribution is -2.24. The van der Waals surface area contributed by atoms with Crippen molar-refractivity contribution < 1.29 is 9.59 Å². The van der Waals surface area contributed by atoms with Crippen LogP contribution in [-0.2, 0) is 9.59 Å². The molecule has 1 aliphatic heterocycles. The number of carbonyl (C=O) groups excluding carboxylic acids is 2. The number of nitrogens with one attached hydrogen (secondary N) is 1. The van der Waals surface area contributed by atoms with Crippen LogP contribution in [-0.4, -0.2) is 28.6 Å². The molecule has 1 N–H and O–H groups in total. The standard InChI is InChI=1S/C18H22N4O2S/c1-3-7-12(2)16(24)19-18-21-20-17(25-18)13-10-15(23)22(11-13)14-8-5-4-6-9-14/h4-6,8-9,12-13H,3,7,10-11H2,1-2H3,(H,19,21,24). The summed E-state index contributed by atoms with van der Waals surface area (Å²) in [6, 6.07) is 9.64. The third kappa shape index (κ3) is 4.04. The maximum Gasteiger partial charge on any atom is 0.229 e. The number of carbonyl (C=O) groups is 2. The molecule has 0 aliphatic carbocycles. The lowest BCUT2D eigenvalue weighted by molar-refractivity contribution is -0.119. The molecule has 0 saturated carbocycles. The fourth-order valence-electron chi connectivity index (χ4n) is 2.97. The summed E-state index contributed by atoms with van der Waals surface area (Å²) in [5.74, 6) is 0.0365. The largest absolute Gasteiger partial charge is 0.312 e. The van der Waals surface area contributed by atoms with E-state index in [4.69, 9.17) is 0 Å². The molecule has 7 heteroatoms. The predicted molar refractivity (Wildman–Crippen MR) is 98.8 cm³/mol. The molecule has 2 heterocycles. The number of rotatable bonds is 6. The monoisotopic (exact) mass is 358 g/mol. The van der Waals surface area contributed by atoms with Crippen molar-refractivity contribution in [3.05, 3.63) is 35.3 Å². The quantitative estimate of drug-likeness (QED) is 0.858. The van der Waals surface area contributed by atoms with Crippen LogP contribution in [0.5, 0.6) is 0 Å². The van der Waals surface area contributed by atoms with Crippen molar-refractivity contribution in [3.8, 4) is 0 Å². The van der Waals surface area contributed by atoms with E-state index in [0.29, 0.717) is 18.1 Å². The van der Waals surface area contributed by atoms with Gasteiger partial charge in [0.05, 0.1) is 0 Å². The number of hydrogen-bond donors (Lipinski definition) is 1. The summed E-state index contributed by atoms with van der Waals surface area (Å²) < 4.78 is 0. The summed E-state index contributed by atoms with van der Waals surface area (Å²) in [5.41, 5.74) is 0.904. The highest BCUT2D eigenvalue weighted by Crippen LogP contribution is 2.34. The second kappa shape index (κ2) is 7.74. The highest BCUT2D eigenvalue weighted by molar-refractivity contribution is 7.15. The van der Waals surface area contributed by atoms with Crippen molar-refractivity contribution in [1.82, 2.24) is 10.2 Å². The van der Waals surface area contributed by atoms with Crippen molar-refractivity contribution in [1.29, 1.82) is 0 Å². The Morgan fingerprint density at radius 3 is 2.84 bits per heavy atom. The fourth-order valence-corrected chi connectivity index (χ4v) is 3.81. The number of hydrogen-bond acceptors (Lipinski definition) is 5. The molecule has 2 amide bonds. The molecule has 1 saturated heterocycles. The second-order valence-corrected chi connectivity index (χ2v) is 7.37. The summed E-state index contributed by atoms with van der Waals surface area (Å²) >= 11 is 1.36. The van der Waals surface area contributed by atoms with E-state index >= 15 is 0 Å². The Bertz CT molecular complexity index is 747. The molecule has 1 fully saturated rings. The number of aromatic nitrogens is 2. The first-order valence-corrected chi connectivity index (χ1v) is 9.39. The first-order chi connectivity index (χ1) is 12.1. The van der Waals surface area contributed by atoms with Crippen LogP contribution in [0.1, 0.15) is 44.0 Å². The van der Waals surface area contributed by atoms with Crippen LogP contribution in [0.25, 0.3) is 0 Å². The Labute approximate surface area is 151 Å². The van der Waals surface area contributed by atoms with Gasteiger partial charge in [-0.25, -0.2) is 0 Å². The van der Waals surface area contributed by atoms with E-state index in [0.717, 1.165) is 23.5 Å². The topological polar surface area (TPSA) is 75.2 Å². The molecule has 1 aromatic carbocycles. The predicted octanol–water partition coefficient (Wildman–Crippen LogP) is 3.43. The van der Waals surface area contributed by atoms with Gasteiger partial charge in [-0.1, -0.05) is 49.8 Å². The molecule has 0 radical (unpaired) electrons. The third-order valence-electron chi connectivity index (χ3n) is 4.38. The van der Waals surface area contributed by atoms with Gasteiger partial charge in [0.15, 0.2) is 0 Å². The number of anilines is 2. The Morgan fingerprint density at radius 1 is 1.36 bits per heavy atom. The van der Waals surface area contributed by atoms with Crippen molar-refractivity contribution in [2.24, 2.45) is 5.92 Å². The molecule has 2 unspecified atom stereocenters. The van der Waals surface area contributed by atoms with E-state index in [-0.39, 0.29) is 23.7 Å². The van der Waals surface area contributed by atoms with Gasteiger partial charge in [0.25, 0.3) is 0 Å². The van der Waals surface area contributed by atoms with E-state index in [2.05, 4.69) is 22.4 Å². The molecule has 0 bridgehead atoms. The summed E-state index contributed by atoms with van der Waals surface area (Å²) in [7, 11) is 0. The van der Waals surface area contributed by atoms with Gasteiger partial charge in [0, 0.05) is 30.5 Å². The minimum Gasteiger partial charge on any atom is -0.312 e. The van der Waals surface area contributed by atoms with Crippen LogP contribution in [0.3, 0.4) is 0 Å². The van der Waals surface area contributed by atoms with Crippen molar-refractivity contribution in [2.75, 3.05) is 16.8 Å². The van der Waals surface area contributed by atoms with E-state index in [1.165, 1.54) is 11.3 Å². The average Bonchev–Trinajstić information content (AvgIpc) is 3.22. The number of benzene rings is 1. The highest BCUT2D eigenvalue weighted by Gasteiger charge is 2.33. The molecular formula is C18H22N4O2S. The van der Waals surface area contributed by atoms with E-state index < -0.39 is 0 Å². The van der Waals surface area contributed by atoms with Gasteiger partial charge < -0.3 is 10.2 Å². The van der Waals surface area contributed by atoms with Gasteiger partial charge in [0.1, 0.15) is 5.01 Å². The second-order valence-electron chi connectivity index (χ2n) is 6.37. The van der Waals surface area contributed by atoms with Crippen LogP contribution in [0, 0.1) is 5.92 Å². The summed E-state index contributed by atoms with van der Waals surface area (Å²) in [5, 5.41) is 12.4. The number of para-hydroxylation sites is 1. The zero-order chi connectivity index (χ0) is 17.8. The molecule has 0 spiro atoms. The van der Waals surface area contributed by atoms with Gasteiger partial charge in [-0.15, -0.1) is 10.2 Å². The minimum absolute atomic E-state index is 0.0175. The Morgan fingerprint density at radius 2 is 2.12 bits per heavy atom. The molecule has 1 aliphatic rings. The SMILES string of the molecule is CCCC(C)C(=O)Nc1nnc(C2CC(=O)N(c3ccccc3)C2)s1. The van der Waals surface area contributed by atoms with E-state index in [1.807, 2.05) is 37.3 Å². The molecule has 6 nitrogen and oxygen atoms in total. The van der Waals surface area contributed by atoms with Crippen LogP contribution >= 0.6 is 11.3 Å². The van der Waals surface area contributed by atoms with Gasteiger partial charge >= 0.3 is 0 Å². The van der Waals surface area contributed by atoms with Crippen LogP contribution < -0.4 is 10.2 Å². The van der Waals surface area contributed by atoms with E-state index in [1.54, 1.807) is 4.90 Å². The lowest BCUT2D eigenvalue weighted by atomic mass is 10.1. The highest BCUT2D eigenvalue weighted by atomic mass is 32.1. The lowest BCUT2D eigenvalue weighted by Gasteiger charge is -2.15. The maximum absolute atomic E-state index is 12.3. The number of amides is 2. The van der Waals surface area contributed by atoms with Crippen molar-refractivity contribution in [2.45, 2.75) is 39.0 Å². The van der Waals surface area contributed by atoms with Gasteiger partial charge in [-0.2, -0.15) is 0 Å². The molecule has 25 heavy (non-hydrogen) atoms. The molecular weight excluding hydrogens is 336 g/mol. The third-order valence-corrected chi connectivity index (χ3v) is 5.38. The molecule has 1 aromatic heterocycles. The maximum atomic E-state index is 12.3. The minimum atomic E-state index is -0.0426. The summed E-state index contributed by atoms with van der Waals surface area (Å²) in [6.45, 7) is 4.56. The van der Waals surface area contributed by atoms with Crippen LogP contribution in [0.15, 0.2) is 30.3 Å². The van der Waals surface area contributed by atoms with Crippen molar-refractivity contribution in [3.63, 3.8) is 0 Å². The van der Waals surface area contributed by atoms with Gasteiger partial charge in [-0.3, -0.25) is 9.59 Å². The zero-order valence-electron chi connectivity index (χ0n) is 14.4. The Balaban J connectivity index is 1.65. The first-order valence-electron chi connectivity index (χ1n) is 8.58. The van der Waals surface area contributed by atoms with Crippen LogP contribution in [0.4, 0.5) is 10.8 Å². The Hall–Kier alpha value is -2.28. The molecule has 2 atom stereocenters. The Kier molecular flexibility index (Phi) is 5.43. The first kappa shape index (κ1) is 17.5. The van der Waals surface area contributed by atoms with E-state index in [9.17, 15) is 9.59 Å². The van der Waals surface area contributed by atoms with Crippen molar-refractivity contribution >= 4 is 34.0 Å². The molecule has 3 rings (SSSR count). The zero-order valence-corrected chi connectivity index (χ0v) is 15.3. The van der Waals surface area contributed by atoms with Crippen LogP contribution in [0.2, 0.25) is 0 Å². The summed E-state index contributed by atoms with van der Waals surface area (Å²) in [4.78, 5) is 26.2. The average molecular weight is 358 g/mol. The fraction of sp³-hybridized carbons (Fsp3) is 0.444. The van der Waals surface area contributed by atoms with Gasteiger partial charge in [-0.05, 0) is 18.6 Å². The molecule has 132 valence electrons. The number of nitrogens with zero attached hydrogens (tertiary/aromatic N) is 3. The van der Waals surface area contributed by atoms with Gasteiger partial charge in [0.2, 0.25) is 16.9 Å². The normalized spacial score (nSPS) is 18.4. The molecule has 2 aromatic rings.